The maximum absolute atomic E-state index is 11.6. The molecule has 0 saturated carbocycles. The first-order valence-corrected chi connectivity index (χ1v) is 4.56. The van der Waals surface area contributed by atoms with Gasteiger partial charge in [0.2, 0.25) is 0 Å². The Hall–Kier alpha value is -0.940. The molecule has 0 aliphatic heterocycles. The van der Waals surface area contributed by atoms with Crippen LogP contribution >= 0.6 is 0 Å². The fourth-order valence-corrected chi connectivity index (χ4v) is 1.38. The first kappa shape index (κ1) is 13.1. The molecule has 5 nitrogen and oxygen atoms in total. The highest BCUT2D eigenvalue weighted by Crippen LogP contribution is 2.17. The molecule has 0 aliphatic carbocycles. The Morgan fingerprint density at radius 2 is 1.57 bits per heavy atom. The molecule has 0 bridgehead atoms. The summed E-state index contributed by atoms with van der Waals surface area (Å²) >= 11 is 0. The third kappa shape index (κ3) is 3.08. The number of carbonyl (C=O) groups is 2. The van der Waals surface area contributed by atoms with Crippen LogP contribution in [0.2, 0.25) is 0 Å². The standard InChI is InChI=1S/C9H18N2O3/c1-4(2)6(7(11)9(13)14)8(12)5(3)10/h4-7H,10-11H2,1-3H3,(H,13,14)/t5-,6+,7+/m1/s1. The topological polar surface area (TPSA) is 106 Å². The molecule has 0 unspecified atom stereocenters. The van der Waals surface area contributed by atoms with Gasteiger partial charge in [0.1, 0.15) is 6.04 Å². The average Bonchev–Trinajstić information content (AvgIpc) is 2.03. The van der Waals surface area contributed by atoms with Crippen molar-refractivity contribution in [2.24, 2.45) is 23.3 Å². The number of nitrogens with two attached hydrogens (primary N) is 2. The Bertz CT molecular complexity index is 226. The third-order valence-electron chi connectivity index (χ3n) is 2.17. The van der Waals surface area contributed by atoms with E-state index < -0.39 is 24.0 Å². The minimum Gasteiger partial charge on any atom is -0.480 e. The van der Waals surface area contributed by atoms with Gasteiger partial charge >= 0.3 is 5.97 Å². The molecule has 14 heavy (non-hydrogen) atoms. The second-order valence-corrected chi connectivity index (χ2v) is 3.82. The smallest absolute Gasteiger partial charge is 0.321 e. The number of ketones is 1. The van der Waals surface area contributed by atoms with Gasteiger partial charge in [-0.05, 0) is 12.8 Å². The molecule has 0 aromatic heterocycles. The van der Waals surface area contributed by atoms with E-state index in [-0.39, 0.29) is 11.7 Å². The highest BCUT2D eigenvalue weighted by atomic mass is 16.4. The third-order valence-corrected chi connectivity index (χ3v) is 2.17. The highest BCUT2D eigenvalue weighted by molar-refractivity contribution is 5.91. The molecule has 0 heterocycles. The van der Waals surface area contributed by atoms with E-state index in [0.717, 1.165) is 0 Å². The van der Waals surface area contributed by atoms with E-state index in [2.05, 4.69) is 0 Å². The molecular weight excluding hydrogens is 184 g/mol. The number of rotatable bonds is 5. The van der Waals surface area contributed by atoms with Crippen LogP contribution in [-0.2, 0) is 9.59 Å². The van der Waals surface area contributed by atoms with Crippen molar-refractivity contribution in [2.75, 3.05) is 0 Å². The van der Waals surface area contributed by atoms with Crippen LogP contribution in [0, 0.1) is 11.8 Å². The number of hydrogen-bond acceptors (Lipinski definition) is 4. The molecule has 0 saturated heterocycles. The Morgan fingerprint density at radius 3 is 1.79 bits per heavy atom. The maximum Gasteiger partial charge on any atom is 0.321 e. The zero-order chi connectivity index (χ0) is 11.5. The summed E-state index contributed by atoms with van der Waals surface area (Å²) in [6.45, 7) is 5.05. The van der Waals surface area contributed by atoms with Crippen molar-refractivity contribution in [1.29, 1.82) is 0 Å². The van der Waals surface area contributed by atoms with Gasteiger partial charge in [-0.15, -0.1) is 0 Å². The van der Waals surface area contributed by atoms with Crippen LogP contribution in [0.15, 0.2) is 0 Å². The van der Waals surface area contributed by atoms with Gasteiger partial charge in [0.25, 0.3) is 0 Å². The minimum absolute atomic E-state index is 0.125. The van der Waals surface area contributed by atoms with E-state index in [1.54, 1.807) is 13.8 Å². The molecule has 0 amide bonds. The lowest BCUT2D eigenvalue weighted by atomic mass is 9.83. The fourth-order valence-electron chi connectivity index (χ4n) is 1.38. The Balaban J connectivity index is 4.77. The van der Waals surface area contributed by atoms with Gasteiger partial charge in [0, 0.05) is 5.92 Å². The number of carbonyl (C=O) groups excluding carboxylic acids is 1. The molecule has 0 rings (SSSR count). The second-order valence-electron chi connectivity index (χ2n) is 3.82. The van der Waals surface area contributed by atoms with Crippen LogP contribution < -0.4 is 11.5 Å². The van der Waals surface area contributed by atoms with E-state index >= 15 is 0 Å². The number of hydrogen-bond donors (Lipinski definition) is 3. The van der Waals surface area contributed by atoms with Crippen molar-refractivity contribution >= 4 is 11.8 Å². The van der Waals surface area contributed by atoms with Crippen molar-refractivity contribution in [3.8, 4) is 0 Å². The summed E-state index contributed by atoms with van der Waals surface area (Å²) in [4.78, 5) is 22.2. The summed E-state index contributed by atoms with van der Waals surface area (Å²) in [5.41, 5.74) is 10.8. The number of Topliss-reactive ketones (excluding diaryl/α,β-unsaturated/α-hetero) is 1. The molecule has 0 fully saturated rings. The summed E-state index contributed by atoms with van der Waals surface area (Å²) < 4.78 is 0. The Kier molecular flexibility index (Phi) is 4.73. The van der Waals surface area contributed by atoms with Crippen LogP contribution in [0.3, 0.4) is 0 Å². The van der Waals surface area contributed by atoms with E-state index in [9.17, 15) is 9.59 Å². The van der Waals surface area contributed by atoms with Crippen molar-refractivity contribution in [1.82, 2.24) is 0 Å². The highest BCUT2D eigenvalue weighted by Gasteiger charge is 2.34. The number of aliphatic carboxylic acids is 1. The van der Waals surface area contributed by atoms with Crippen LogP contribution in [0.5, 0.6) is 0 Å². The van der Waals surface area contributed by atoms with Crippen LogP contribution in [0.4, 0.5) is 0 Å². The summed E-state index contributed by atoms with van der Waals surface area (Å²) in [7, 11) is 0. The largest absolute Gasteiger partial charge is 0.480 e. The molecule has 5 heteroatoms. The molecule has 82 valence electrons. The Morgan fingerprint density at radius 1 is 1.14 bits per heavy atom. The summed E-state index contributed by atoms with van der Waals surface area (Å²) in [5, 5.41) is 8.71. The van der Waals surface area contributed by atoms with Gasteiger partial charge in [-0.3, -0.25) is 9.59 Å². The molecule has 0 aliphatic rings. The predicted octanol–water partition coefficient (Wildman–Crippen LogP) is -0.413. The second kappa shape index (κ2) is 5.07. The molecule has 0 aromatic carbocycles. The maximum atomic E-state index is 11.6. The lowest BCUT2D eigenvalue weighted by molar-refractivity contribution is -0.143. The van der Waals surface area contributed by atoms with Gasteiger partial charge in [0.05, 0.1) is 6.04 Å². The van der Waals surface area contributed by atoms with Gasteiger partial charge in [-0.25, -0.2) is 0 Å². The quantitative estimate of drug-likeness (QED) is 0.561. The fraction of sp³-hybridized carbons (Fsp3) is 0.778. The van der Waals surface area contributed by atoms with Crippen molar-refractivity contribution in [3.05, 3.63) is 0 Å². The zero-order valence-corrected chi connectivity index (χ0v) is 8.73. The normalized spacial score (nSPS) is 17.6. The van der Waals surface area contributed by atoms with E-state index in [1.165, 1.54) is 6.92 Å². The van der Waals surface area contributed by atoms with Crippen LogP contribution in [0.1, 0.15) is 20.8 Å². The van der Waals surface area contributed by atoms with Gasteiger partial charge in [-0.2, -0.15) is 0 Å². The van der Waals surface area contributed by atoms with Crippen molar-refractivity contribution in [3.63, 3.8) is 0 Å². The lowest BCUT2D eigenvalue weighted by Gasteiger charge is -2.24. The monoisotopic (exact) mass is 202 g/mol. The zero-order valence-electron chi connectivity index (χ0n) is 8.73. The summed E-state index contributed by atoms with van der Waals surface area (Å²) in [6, 6.07) is -1.85. The molecule has 0 aromatic rings. The lowest BCUT2D eigenvalue weighted by Crippen LogP contribution is -2.48. The SMILES string of the molecule is CC(C)[C@H](C(=O)[C@@H](C)N)[C@H](N)C(=O)O. The minimum atomic E-state index is -1.17. The van der Waals surface area contributed by atoms with Crippen LogP contribution in [-0.4, -0.2) is 28.9 Å². The van der Waals surface area contributed by atoms with E-state index in [0.29, 0.717) is 0 Å². The first-order chi connectivity index (χ1) is 6.29. The Labute approximate surface area is 83.5 Å². The van der Waals surface area contributed by atoms with Gasteiger partial charge in [0.15, 0.2) is 5.78 Å². The summed E-state index contributed by atoms with van der Waals surface area (Å²) in [6.07, 6.45) is 0. The predicted molar refractivity (Wildman–Crippen MR) is 52.6 cm³/mol. The van der Waals surface area contributed by atoms with E-state index in [4.69, 9.17) is 16.6 Å². The van der Waals surface area contributed by atoms with Gasteiger partial charge < -0.3 is 16.6 Å². The van der Waals surface area contributed by atoms with Crippen molar-refractivity contribution in [2.45, 2.75) is 32.9 Å². The van der Waals surface area contributed by atoms with E-state index in [1.807, 2.05) is 0 Å². The van der Waals surface area contributed by atoms with Crippen molar-refractivity contribution < 1.29 is 14.7 Å². The molecule has 3 atom stereocenters. The first-order valence-electron chi connectivity index (χ1n) is 4.56. The number of carboxylic acids is 1. The van der Waals surface area contributed by atoms with Gasteiger partial charge in [-0.1, -0.05) is 13.8 Å². The summed E-state index contributed by atoms with van der Waals surface area (Å²) in [5.74, 6) is -2.31. The number of carboxylic acid groups (broad SMARTS) is 1. The molecule has 0 spiro atoms. The van der Waals surface area contributed by atoms with Crippen LogP contribution in [0.25, 0.3) is 0 Å². The molecule has 5 N–H and O–H groups in total. The molecular formula is C9H18N2O3. The molecule has 0 radical (unpaired) electrons. The average molecular weight is 202 g/mol.